The highest BCUT2D eigenvalue weighted by Crippen LogP contribution is 2.35. The molecule has 0 fully saturated rings. The van der Waals surface area contributed by atoms with Gasteiger partial charge in [-0.25, -0.2) is 14.4 Å². The maximum Gasteiger partial charge on any atom is 0.305 e. The summed E-state index contributed by atoms with van der Waals surface area (Å²) in [5.74, 6) is 1.15. The third-order valence-corrected chi connectivity index (χ3v) is 6.13. The number of rotatable bonds is 11. The summed E-state index contributed by atoms with van der Waals surface area (Å²) < 4.78 is 31.8. The SMILES string of the molecule is CCOC(=O)CCCOc1cc2c(Nc3ccc4c(cnn4Cc4cccc(F)c4)c3)ncnc2cc1OC. The molecule has 2 aromatic heterocycles. The van der Waals surface area contributed by atoms with Gasteiger partial charge in [0.2, 0.25) is 0 Å². The molecule has 5 rings (SSSR count). The van der Waals surface area contributed by atoms with Crippen LogP contribution in [0.4, 0.5) is 15.9 Å². The van der Waals surface area contributed by atoms with Crippen molar-refractivity contribution in [3.05, 3.63) is 78.5 Å². The number of fused-ring (bicyclic) bond motifs is 2. The van der Waals surface area contributed by atoms with Gasteiger partial charge in [-0.05, 0) is 55.3 Å². The van der Waals surface area contributed by atoms with Gasteiger partial charge in [0.1, 0.15) is 18.0 Å². The summed E-state index contributed by atoms with van der Waals surface area (Å²) >= 11 is 0. The highest BCUT2D eigenvalue weighted by atomic mass is 19.1. The quantitative estimate of drug-likeness (QED) is 0.173. The summed E-state index contributed by atoms with van der Waals surface area (Å²) in [4.78, 5) is 20.4. The average Bonchev–Trinajstić information content (AvgIpc) is 3.32. The zero-order chi connectivity index (χ0) is 27.2. The molecule has 0 bridgehead atoms. The van der Waals surface area contributed by atoms with E-state index in [0.29, 0.717) is 49.0 Å². The number of benzene rings is 3. The number of methoxy groups -OCH3 is 1. The molecule has 0 saturated carbocycles. The van der Waals surface area contributed by atoms with Gasteiger partial charge < -0.3 is 19.5 Å². The molecule has 0 aliphatic carbocycles. The number of halogens is 1. The maximum atomic E-state index is 13.6. The van der Waals surface area contributed by atoms with Crippen LogP contribution in [-0.2, 0) is 16.1 Å². The van der Waals surface area contributed by atoms with Gasteiger partial charge in [0.25, 0.3) is 0 Å². The number of ether oxygens (including phenoxy) is 3. The molecule has 0 unspecified atom stereocenters. The molecule has 1 N–H and O–H groups in total. The van der Waals surface area contributed by atoms with Gasteiger partial charge in [0, 0.05) is 28.9 Å². The molecule has 0 radical (unpaired) electrons. The minimum absolute atomic E-state index is 0.247. The smallest absolute Gasteiger partial charge is 0.305 e. The van der Waals surface area contributed by atoms with Crippen LogP contribution in [0.15, 0.2) is 67.1 Å². The fourth-order valence-electron chi connectivity index (χ4n) is 4.30. The zero-order valence-corrected chi connectivity index (χ0v) is 21.7. The van der Waals surface area contributed by atoms with Gasteiger partial charge in [0.05, 0.1) is 44.1 Å². The van der Waals surface area contributed by atoms with Crippen molar-refractivity contribution in [1.29, 1.82) is 0 Å². The Morgan fingerprint density at radius 3 is 2.79 bits per heavy atom. The van der Waals surface area contributed by atoms with Crippen molar-refractivity contribution in [3.63, 3.8) is 0 Å². The fraction of sp³-hybridized carbons (Fsp3) is 0.241. The zero-order valence-electron chi connectivity index (χ0n) is 21.7. The van der Waals surface area contributed by atoms with E-state index in [-0.39, 0.29) is 18.2 Å². The molecule has 9 nitrogen and oxygen atoms in total. The van der Waals surface area contributed by atoms with Crippen LogP contribution in [0.3, 0.4) is 0 Å². The van der Waals surface area contributed by atoms with Crippen LogP contribution in [0.1, 0.15) is 25.3 Å². The van der Waals surface area contributed by atoms with Crippen molar-refractivity contribution in [1.82, 2.24) is 19.7 Å². The maximum absolute atomic E-state index is 13.6. The monoisotopic (exact) mass is 529 g/mol. The predicted molar refractivity (Wildman–Crippen MR) is 146 cm³/mol. The number of carbonyl (C=O) groups is 1. The van der Waals surface area contributed by atoms with Gasteiger partial charge >= 0.3 is 5.97 Å². The van der Waals surface area contributed by atoms with E-state index in [2.05, 4.69) is 20.4 Å². The minimum Gasteiger partial charge on any atom is -0.493 e. The molecule has 0 amide bonds. The lowest BCUT2D eigenvalue weighted by Gasteiger charge is -2.14. The Morgan fingerprint density at radius 1 is 1.08 bits per heavy atom. The van der Waals surface area contributed by atoms with Crippen LogP contribution in [-0.4, -0.2) is 46.0 Å². The van der Waals surface area contributed by atoms with E-state index in [1.165, 1.54) is 18.5 Å². The number of nitrogens with zero attached hydrogens (tertiary/aromatic N) is 4. The summed E-state index contributed by atoms with van der Waals surface area (Å²) in [6.45, 7) is 2.93. The molecule has 0 atom stereocenters. The van der Waals surface area contributed by atoms with E-state index < -0.39 is 0 Å². The van der Waals surface area contributed by atoms with Crippen molar-refractivity contribution >= 4 is 39.3 Å². The van der Waals surface area contributed by atoms with E-state index in [4.69, 9.17) is 14.2 Å². The first-order chi connectivity index (χ1) is 19.0. The lowest BCUT2D eigenvalue weighted by molar-refractivity contribution is -0.143. The average molecular weight is 530 g/mol. The minimum atomic E-state index is -0.268. The van der Waals surface area contributed by atoms with Crippen LogP contribution >= 0.6 is 0 Å². The number of esters is 1. The van der Waals surface area contributed by atoms with Crippen LogP contribution in [0.2, 0.25) is 0 Å². The predicted octanol–water partition coefficient (Wildman–Crippen LogP) is 5.64. The Kier molecular flexibility index (Phi) is 7.81. The van der Waals surface area contributed by atoms with Crippen molar-refractivity contribution in [3.8, 4) is 11.5 Å². The van der Waals surface area contributed by atoms with Crippen molar-refractivity contribution in [2.45, 2.75) is 26.3 Å². The molecule has 0 aliphatic rings. The number of hydrogen-bond donors (Lipinski definition) is 1. The van der Waals surface area contributed by atoms with Crippen molar-refractivity contribution < 1.29 is 23.4 Å². The first-order valence-corrected chi connectivity index (χ1v) is 12.6. The van der Waals surface area contributed by atoms with E-state index in [9.17, 15) is 9.18 Å². The van der Waals surface area contributed by atoms with E-state index in [1.54, 1.807) is 32.4 Å². The van der Waals surface area contributed by atoms with Gasteiger partial charge in [-0.1, -0.05) is 12.1 Å². The van der Waals surface area contributed by atoms with E-state index in [1.807, 2.05) is 35.0 Å². The Bertz CT molecular complexity index is 1620. The molecule has 5 aromatic rings. The molecule has 200 valence electrons. The fourth-order valence-corrected chi connectivity index (χ4v) is 4.30. The van der Waals surface area contributed by atoms with Gasteiger partial charge in [0.15, 0.2) is 11.5 Å². The molecule has 0 aliphatic heterocycles. The number of aromatic nitrogens is 4. The number of nitrogens with one attached hydrogen (secondary N) is 1. The Balaban J connectivity index is 1.35. The van der Waals surface area contributed by atoms with Crippen molar-refractivity contribution in [2.24, 2.45) is 0 Å². The van der Waals surface area contributed by atoms with E-state index in [0.717, 1.165) is 27.5 Å². The second kappa shape index (κ2) is 11.8. The molecular weight excluding hydrogens is 501 g/mol. The van der Waals surface area contributed by atoms with Gasteiger partial charge in [-0.15, -0.1) is 0 Å². The highest BCUT2D eigenvalue weighted by molar-refractivity contribution is 5.94. The first kappa shape index (κ1) is 25.9. The van der Waals surface area contributed by atoms with Crippen LogP contribution in [0.25, 0.3) is 21.8 Å². The summed E-state index contributed by atoms with van der Waals surface area (Å²) in [5.41, 5.74) is 3.28. The normalized spacial score (nSPS) is 11.1. The van der Waals surface area contributed by atoms with Gasteiger partial charge in [-0.3, -0.25) is 9.48 Å². The Labute approximate surface area is 224 Å². The lowest BCUT2D eigenvalue weighted by atomic mass is 10.2. The molecule has 0 saturated heterocycles. The standard InChI is InChI=1S/C29H28FN5O4/c1-3-38-28(36)8-5-11-39-27-14-23-24(15-26(27)37-2)31-18-32-29(23)34-22-9-10-25-20(13-22)16-33-35(25)17-19-6-4-7-21(30)12-19/h4,6-7,9-10,12-16,18H,3,5,8,11,17H2,1-2H3,(H,31,32,34). The van der Waals surface area contributed by atoms with E-state index >= 15 is 0 Å². The number of carbonyl (C=O) groups excluding carboxylic acids is 1. The molecule has 10 heteroatoms. The number of hydrogen-bond acceptors (Lipinski definition) is 8. The topological polar surface area (TPSA) is 100 Å². The first-order valence-electron chi connectivity index (χ1n) is 12.6. The Hall–Kier alpha value is -4.73. The summed E-state index contributed by atoms with van der Waals surface area (Å²) in [6.07, 6.45) is 4.06. The second-order valence-corrected chi connectivity index (χ2v) is 8.83. The molecule has 3 aromatic carbocycles. The molecule has 2 heterocycles. The third kappa shape index (κ3) is 6.06. The largest absolute Gasteiger partial charge is 0.493 e. The molecule has 0 spiro atoms. The van der Waals surface area contributed by atoms with Crippen LogP contribution < -0.4 is 14.8 Å². The second-order valence-electron chi connectivity index (χ2n) is 8.83. The highest BCUT2D eigenvalue weighted by Gasteiger charge is 2.13. The van der Waals surface area contributed by atoms with Crippen LogP contribution in [0, 0.1) is 5.82 Å². The lowest BCUT2D eigenvalue weighted by Crippen LogP contribution is -2.07. The van der Waals surface area contributed by atoms with Gasteiger partial charge in [-0.2, -0.15) is 5.10 Å². The van der Waals surface area contributed by atoms with Crippen molar-refractivity contribution in [2.75, 3.05) is 25.6 Å². The summed E-state index contributed by atoms with van der Waals surface area (Å²) in [7, 11) is 1.57. The molecular formula is C29H28FN5O4. The van der Waals surface area contributed by atoms with Crippen LogP contribution in [0.5, 0.6) is 11.5 Å². The Morgan fingerprint density at radius 2 is 1.97 bits per heavy atom. The summed E-state index contributed by atoms with van der Waals surface area (Å²) in [6, 6.07) is 16.0. The summed E-state index contributed by atoms with van der Waals surface area (Å²) in [5, 5.41) is 9.54. The number of anilines is 2. The third-order valence-electron chi connectivity index (χ3n) is 6.13. The molecule has 39 heavy (non-hydrogen) atoms.